The summed E-state index contributed by atoms with van der Waals surface area (Å²) in [6.45, 7) is 4.63. The van der Waals surface area contributed by atoms with Gasteiger partial charge in [-0.15, -0.1) is 0 Å². The number of rotatable bonds is 6. The van der Waals surface area contributed by atoms with Crippen LogP contribution in [0.25, 0.3) is 0 Å². The van der Waals surface area contributed by atoms with Crippen LogP contribution in [0, 0.1) is 0 Å². The summed E-state index contributed by atoms with van der Waals surface area (Å²) in [6, 6.07) is 4.17. The number of nitrogens with one attached hydrogen (secondary N) is 1. The van der Waals surface area contributed by atoms with Gasteiger partial charge < -0.3 is 14.4 Å². The van der Waals surface area contributed by atoms with Gasteiger partial charge in [-0.3, -0.25) is 0 Å². The molecule has 2 aromatic rings. The molecule has 0 aliphatic heterocycles. The summed E-state index contributed by atoms with van der Waals surface area (Å²) >= 11 is 0. The van der Waals surface area contributed by atoms with Gasteiger partial charge in [0.2, 0.25) is 5.89 Å². The zero-order chi connectivity index (χ0) is 12.4. The Kier molecular flexibility index (Phi) is 3.15. The van der Waals surface area contributed by atoms with Gasteiger partial charge in [0.25, 0.3) is 0 Å². The standard InChI is InChI=1S/C13H18N4O/c1-2-14-8-11-4-3-7-17(11)9-12-15-13(18-16-12)10-5-6-10/h3-4,7,10,14H,2,5-6,8-9H2,1H3. The minimum Gasteiger partial charge on any atom is -0.342 e. The lowest BCUT2D eigenvalue weighted by atomic mass is 10.4. The molecular formula is C13H18N4O. The lowest BCUT2D eigenvalue weighted by Crippen LogP contribution is -2.15. The van der Waals surface area contributed by atoms with Crippen LogP contribution in [0.2, 0.25) is 0 Å². The van der Waals surface area contributed by atoms with E-state index in [-0.39, 0.29) is 0 Å². The minimum atomic E-state index is 0.525. The van der Waals surface area contributed by atoms with Crippen LogP contribution in [-0.2, 0) is 13.1 Å². The Morgan fingerprint density at radius 3 is 3.17 bits per heavy atom. The van der Waals surface area contributed by atoms with Crippen molar-refractivity contribution >= 4 is 0 Å². The van der Waals surface area contributed by atoms with Gasteiger partial charge in [0.15, 0.2) is 5.82 Å². The van der Waals surface area contributed by atoms with Gasteiger partial charge in [-0.25, -0.2) is 0 Å². The van der Waals surface area contributed by atoms with E-state index < -0.39 is 0 Å². The molecule has 3 rings (SSSR count). The van der Waals surface area contributed by atoms with E-state index in [1.807, 2.05) is 0 Å². The van der Waals surface area contributed by atoms with E-state index in [0.29, 0.717) is 12.5 Å². The highest BCUT2D eigenvalue weighted by Gasteiger charge is 2.29. The Hall–Kier alpha value is -1.62. The minimum absolute atomic E-state index is 0.525. The molecule has 1 N–H and O–H groups in total. The number of aromatic nitrogens is 3. The number of hydrogen-bond donors (Lipinski definition) is 1. The summed E-state index contributed by atoms with van der Waals surface area (Å²) in [5, 5.41) is 7.37. The van der Waals surface area contributed by atoms with Crippen molar-refractivity contribution in [2.75, 3.05) is 6.54 Å². The van der Waals surface area contributed by atoms with Crippen LogP contribution in [0.4, 0.5) is 0 Å². The average molecular weight is 246 g/mol. The fraction of sp³-hybridized carbons (Fsp3) is 0.538. The van der Waals surface area contributed by atoms with Crippen molar-refractivity contribution in [3.63, 3.8) is 0 Å². The van der Waals surface area contributed by atoms with E-state index in [1.54, 1.807) is 0 Å². The highest BCUT2D eigenvalue weighted by atomic mass is 16.5. The first-order valence-electron chi connectivity index (χ1n) is 6.54. The topological polar surface area (TPSA) is 55.9 Å². The fourth-order valence-corrected chi connectivity index (χ4v) is 2.00. The zero-order valence-electron chi connectivity index (χ0n) is 10.6. The molecule has 2 aromatic heterocycles. The Labute approximate surface area is 106 Å². The lowest BCUT2D eigenvalue weighted by molar-refractivity contribution is 0.373. The van der Waals surface area contributed by atoms with Crippen LogP contribution in [0.1, 0.15) is 43.1 Å². The second-order valence-corrected chi connectivity index (χ2v) is 4.73. The van der Waals surface area contributed by atoms with E-state index in [4.69, 9.17) is 4.52 Å². The summed E-state index contributed by atoms with van der Waals surface area (Å²) < 4.78 is 7.43. The van der Waals surface area contributed by atoms with Crippen molar-refractivity contribution < 1.29 is 4.52 Å². The second kappa shape index (κ2) is 4.94. The molecule has 2 heterocycles. The Bertz CT molecular complexity index is 513. The first-order valence-corrected chi connectivity index (χ1v) is 6.54. The van der Waals surface area contributed by atoms with Gasteiger partial charge in [-0.05, 0) is 31.5 Å². The average Bonchev–Trinajstić information content (AvgIpc) is 2.97. The van der Waals surface area contributed by atoms with Crippen LogP contribution in [0.5, 0.6) is 0 Å². The lowest BCUT2D eigenvalue weighted by Gasteiger charge is -2.06. The molecule has 0 aromatic carbocycles. The third-order valence-corrected chi connectivity index (χ3v) is 3.20. The van der Waals surface area contributed by atoms with E-state index in [9.17, 15) is 0 Å². The Morgan fingerprint density at radius 2 is 2.39 bits per heavy atom. The van der Waals surface area contributed by atoms with Crippen LogP contribution in [0.3, 0.4) is 0 Å². The molecule has 0 bridgehead atoms. The van der Waals surface area contributed by atoms with Crippen LogP contribution in [0.15, 0.2) is 22.9 Å². The SMILES string of the molecule is CCNCc1cccn1Cc1noc(C2CC2)n1. The highest BCUT2D eigenvalue weighted by Crippen LogP contribution is 2.38. The quantitative estimate of drug-likeness (QED) is 0.846. The monoisotopic (exact) mass is 246 g/mol. The first-order chi connectivity index (χ1) is 8.86. The highest BCUT2D eigenvalue weighted by molar-refractivity contribution is 5.09. The van der Waals surface area contributed by atoms with E-state index in [0.717, 1.165) is 24.8 Å². The number of nitrogens with zero attached hydrogens (tertiary/aromatic N) is 3. The molecule has 0 radical (unpaired) electrons. The van der Waals surface area contributed by atoms with Gasteiger partial charge in [0, 0.05) is 24.4 Å². The number of hydrogen-bond acceptors (Lipinski definition) is 4. The maximum Gasteiger partial charge on any atom is 0.229 e. The Balaban J connectivity index is 1.68. The molecule has 96 valence electrons. The first kappa shape index (κ1) is 11.5. The van der Waals surface area contributed by atoms with Crippen LogP contribution < -0.4 is 5.32 Å². The van der Waals surface area contributed by atoms with E-state index in [2.05, 4.69) is 45.3 Å². The Morgan fingerprint density at radius 1 is 1.50 bits per heavy atom. The van der Waals surface area contributed by atoms with Crippen molar-refractivity contribution in [3.05, 3.63) is 35.7 Å². The molecule has 1 saturated carbocycles. The van der Waals surface area contributed by atoms with Crippen molar-refractivity contribution in [2.24, 2.45) is 0 Å². The predicted octanol–water partition coefficient (Wildman–Crippen LogP) is 1.91. The molecule has 5 nitrogen and oxygen atoms in total. The van der Waals surface area contributed by atoms with Crippen molar-refractivity contribution in [1.82, 2.24) is 20.0 Å². The maximum absolute atomic E-state index is 5.27. The fourth-order valence-electron chi connectivity index (χ4n) is 2.00. The van der Waals surface area contributed by atoms with Crippen molar-refractivity contribution in [2.45, 2.75) is 38.8 Å². The molecule has 5 heteroatoms. The van der Waals surface area contributed by atoms with Gasteiger partial charge in [-0.1, -0.05) is 12.1 Å². The van der Waals surface area contributed by atoms with E-state index in [1.165, 1.54) is 18.5 Å². The third-order valence-electron chi connectivity index (χ3n) is 3.20. The molecule has 18 heavy (non-hydrogen) atoms. The van der Waals surface area contributed by atoms with E-state index >= 15 is 0 Å². The van der Waals surface area contributed by atoms with Crippen LogP contribution >= 0.6 is 0 Å². The molecule has 1 aliphatic carbocycles. The van der Waals surface area contributed by atoms with Crippen molar-refractivity contribution in [3.8, 4) is 0 Å². The molecule has 0 unspecified atom stereocenters. The predicted molar refractivity (Wildman–Crippen MR) is 67.2 cm³/mol. The maximum atomic E-state index is 5.27. The zero-order valence-corrected chi connectivity index (χ0v) is 10.6. The summed E-state index contributed by atoms with van der Waals surface area (Å²) in [7, 11) is 0. The van der Waals surface area contributed by atoms with Gasteiger partial charge in [0.05, 0.1) is 6.54 Å². The van der Waals surface area contributed by atoms with Crippen molar-refractivity contribution in [1.29, 1.82) is 0 Å². The van der Waals surface area contributed by atoms with Gasteiger partial charge >= 0.3 is 0 Å². The summed E-state index contributed by atoms with van der Waals surface area (Å²) in [5.74, 6) is 2.10. The molecule has 1 fully saturated rings. The third kappa shape index (κ3) is 2.46. The molecule has 0 spiro atoms. The van der Waals surface area contributed by atoms with Gasteiger partial charge in [0.1, 0.15) is 0 Å². The molecular weight excluding hydrogens is 228 g/mol. The van der Waals surface area contributed by atoms with Crippen LogP contribution in [-0.4, -0.2) is 21.3 Å². The molecule has 0 atom stereocenters. The van der Waals surface area contributed by atoms with Gasteiger partial charge in [-0.2, -0.15) is 4.98 Å². The molecule has 0 saturated heterocycles. The normalized spacial score (nSPS) is 15.2. The summed E-state index contributed by atoms with van der Waals surface area (Å²) in [4.78, 5) is 4.45. The molecule has 1 aliphatic rings. The second-order valence-electron chi connectivity index (χ2n) is 4.73. The summed E-state index contributed by atoms with van der Waals surface area (Å²) in [5.41, 5.74) is 1.25. The largest absolute Gasteiger partial charge is 0.342 e. The summed E-state index contributed by atoms with van der Waals surface area (Å²) in [6.07, 6.45) is 4.44. The smallest absolute Gasteiger partial charge is 0.229 e. The molecule has 0 amide bonds.